The molecule has 0 amide bonds. The molecule has 0 unspecified atom stereocenters. The molecule has 11 rings (SSSR count). The molecule has 0 aliphatic carbocycles. The summed E-state index contributed by atoms with van der Waals surface area (Å²) >= 11 is 0. The summed E-state index contributed by atoms with van der Waals surface area (Å²) in [6, 6.07) is 73.2. The quantitative estimate of drug-likeness (QED) is 0.172. The first-order valence-corrected chi connectivity index (χ1v) is 19.0. The molecule has 0 aliphatic rings. The summed E-state index contributed by atoms with van der Waals surface area (Å²) in [6.45, 7) is 0. The van der Waals surface area contributed by atoms with E-state index in [-0.39, 0.29) is 0 Å². The zero-order valence-electron chi connectivity index (χ0n) is 30.4. The Bertz CT molecular complexity index is 3160. The van der Waals surface area contributed by atoms with Crippen LogP contribution in [0.5, 0.6) is 0 Å². The van der Waals surface area contributed by atoms with Crippen LogP contribution in [0.15, 0.2) is 206 Å². The molecule has 0 saturated carbocycles. The maximum absolute atomic E-state index is 5.23. The van der Waals surface area contributed by atoms with Crippen molar-refractivity contribution in [1.29, 1.82) is 0 Å². The molecular formula is C52H34N4. The van der Waals surface area contributed by atoms with Gasteiger partial charge >= 0.3 is 0 Å². The maximum Gasteiger partial charge on any atom is 0.235 e. The molecule has 3 aromatic heterocycles. The summed E-state index contributed by atoms with van der Waals surface area (Å²) in [4.78, 5) is 10.5. The molecule has 3 heterocycles. The number of benzene rings is 8. The number of fused-ring (bicyclic) bond motifs is 6. The Morgan fingerprint density at radius 3 is 1.18 bits per heavy atom. The number of rotatable bonds is 6. The zero-order valence-corrected chi connectivity index (χ0v) is 30.4. The number of nitrogens with zero attached hydrogens (tertiary/aromatic N) is 4. The molecule has 0 radical (unpaired) electrons. The highest BCUT2D eigenvalue weighted by Gasteiger charge is 2.18. The molecule has 0 bridgehead atoms. The Balaban J connectivity index is 1.03. The van der Waals surface area contributed by atoms with Crippen LogP contribution in [0.25, 0.3) is 100 Å². The smallest absolute Gasteiger partial charge is 0.235 e. The Morgan fingerprint density at radius 2 is 0.661 bits per heavy atom. The van der Waals surface area contributed by atoms with Crippen molar-refractivity contribution in [1.82, 2.24) is 19.1 Å². The first kappa shape index (κ1) is 31.9. The van der Waals surface area contributed by atoms with Gasteiger partial charge in [-0.25, -0.2) is 9.97 Å². The summed E-state index contributed by atoms with van der Waals surface area (Å²) in [5.41, 5.74) is 14.2. The minimum atomic E-state index is 0.646. The third-order valence-corrected chi connectivity index (χ3v) is 11.0. The van der Waals surface area contributed by atoms with Crippen LogP contribution in [0.2, 0.25) is 0 Å². The van der Waals surface area contributed by atoms with E-state index in [0.717, 1.165) is 55.7 Å². The second kappa shape index (κ2) is 13.1. The van der Waals surface area contributed by atoms with Gasteiger partial charge in [-0.05, 0) is 64.7 Å². The fourth-order valence-corrected chi connectivity index (χ4v) is 8.27. The van der Waals surface area contributed by atoms with E-state index in [4.69, 9.17) is 9.97 Å². The SMILES string of the molecule is c1ccc(-c2cc(-c3ccccc3)nc(-n3c4ccccc4c4ccc(-c5ccc(-c6ccc7c8ccccc8n(-c8ccccc8)c7c6)cc5)cc43)n2)cc1. The minimum absolute atomic E-state index is 0.646. The molecule has 8 aromatic carbocycles. The lowest BCUT2D eigenvalue weighted by molar-refractivity contribution is 0.996. The molecule has 262 valence electrons. The maximum atomic E-state index is 5.23. The molecule has 0 fully saturated rings. The molecule has 0 saturated heterocycles. The van der Waals surface area contributed by atoms with E-state index < -0.39 is 0 Å². The average Bonchev–Trinajstić information content (AvgIpc) is 3.79. The summed E-state index contributed by atoms with van der Waals surface area (Å²) in [5, 5.41) is 4.85. The second-order valence-corrected chi connectivity index (χ2v) is 14.3. The third kappa shape index (κ3) is 5.31. The number of hydrogen-bond acceptors (Lipinski definition) is 2. The fraction of sp³-hybridized carbons (Fsp3) is 0. The van der Waals surface area contributed by atoms with Crippen molar-refractivity contribution in [3.63, 3.8) is 0 Å². The van der Waals surface area contributed by atoms with Gasteiger partial charge < -0.3 is 4.57 Å². The average molecular weight is 715 g/mol. The minimum Gasteiger partial charge on any atom is -0.309 e. The van der Waals surface area contributed by atoms with Gasteiger partial charge in [-0.2, -0.15) is 0 Å². The van der Waals surface area contributed by atoms with Crippen LogP contribution >= 0.6 is 0 Å². The van der Waals surface area contributed by atoms with Crippen LogP contribution < -0.4 is 0 Å². The summed E-state index contributed by atoms with van der Waals surface area (Å²) < 4.78 is 4.60. The first-order valence-electron chi connectivity index (χ1n) is 19.0. The highest BCUT2D eigenvalue weighted by molar-refractivity contribution is 6.11. The van der Waals surface area contributed by atoms with Gasteiger partial charge in [0.05, 0.1) is 33.5 Å². The van der Waals surface area contributed by atoms with Gasteiger partial charge in [0, 0.05) is 38.4 Å². The summed E-state index contributed by atoms with van der Waals surface area (Å²) in [6.07, 6.45) is 0. The molecule has 0 spiro atoms. The Kier molecular flexibility index (Phi) is 7.46. The van der Waals surface area contributed by atoms with Gasteiger partial charge in [-0.15, -0.1) is 0 Å². The van der Waals surface area contributed by atoms with Gasteiger partial charge in [-0.3, -0.25) is 4.57 Å². The van der Waals surface area contributed by atoms with E-state index in [9.17, 15) is 0 Å². The first-order chi connectivity index (χ1) is 27.8. The van der Waals surface area contributed by atoms with Crippen molar-refractivity contribution in [3.8, 4) is 56.4 Å². The van der Waals surface area contributed by atoms with Crippen molar-refractivity contribution in [2.24, 2.45) is 0 Å². The van der Waals surface area contributed by atoms with E-state index in [1.165, 1.54) is 38.3 Å². The molecule has 4 nitrogen and oxygen atoms in total. The summed E-state index contributed by atoms with van der Waals surface area (Å²) in [7, 11) is 0. The normalized spacial score (nSPS) is 11.6. The van der Waals surface area contributed by atoms with E-state index >= 15 is 0 Å². The van der Waals surface area contributed by atoms with Crippen LogP contribution in [0.3, 0.4) is 0 Å². The second-order valence-electron chi connectivity index (χ2n) is 14.3. The van der Waals surface area contributed by atoms with Crippen LogP contribution in [0, 0.1) is 0 Å². The van der Waals surface area contributed by atoms with Gasteiger partial charge in [0.1, 0.15) is 0 Å². The van der Waals surface area contributed by atoms with Crippen molar-refractivity contribution in [2.75, 3.05) is 0 Å². The molecule has 0 aliphatic heterocycles. The van der Waals surface area contributed by atoms with Crippen LogP contribution in [-0.4, -0.2) is 19.1 Å². The van der Waals surface area contributed by atoms with Crippen molar-refractivity contribution in [3.05, 3.63) is 206 Å². The highest BCUT2D eigenvalue weighted by Crippen LogP contribution is 2.38. The van der Waals surface area contributed by atoms with Crippen LogP contribution in [-0.2, 0) is 0 Å². The predicted molar refractivity (Wildman–Crippen MR) is 232 cm³/mol. The van der Waals surface area contributed by atoms with Crippen molar-refractivity contribution < 1.29 is 0 Å². The van der Waals surface area contributed by atoms with E-state index in [1.807, 2.05) is 12.1 Å². The van der Waals surface area contributed by atoms with E-state index in [0.29, 0.717) is 5.95 Å². The molecule has 56 heavy (non-hydrogen) atoms. The third-order valence-electron chi connectivity index (χ3n) is 11.0. The van der Waals surface area contributed by atoms with Gasteiger partial charge in [0.25, 0.3) is 0 Å². The van der Waals surface area contributed by atoms with Crippen LogP contribution in [0.1, 0.15) is 0 Å². The largest absolute Gasteiger partial charge is 0.309 e. The molecule has 11 aromatic rings. The monoisotopic (exact) mass is 714 g/mol. The Hall–Kier alpha value is -7.56. The van der Waals surface area contributed by atoms with Gasteiger partial charge in [0.2, 0.25) is 5.95 Å². The van der Waals surface area contributed by atoms with Crippen LogP contribution in [0.4, 0.5) is 0 Å². The predicted octanol–water partition coefficient (Wildman–Crippen LogP) is 13.3. The number of aromatic nitrogens is 4. The molecule has 0 atom stereocenters. The van der Waals surface area contributed by atoms with Crippen molar-refractivity contribution >= 4 is 43.6 Å². The fourth-order valence-electron chi connectivity index (χ4n) is 8.27. The zero-order chi connectivity index (χ0) is 37.0. The standard InChI is InChI=1S/C52H34N4/c1-4-14-37(15-5-1)46-34-47(38-16-6-2-7-17-38)54-52(53-46)56-49-23-13-11-21-43(49)45-31-29-40(33-51(45)56)36-26-24-35(25-27-36)39-28-30-44-42-20-10-12-22-48(42)55(50(44)32-39)41-18-8-3-9-19-41/h1-34H. The Morgan fingerprint density at radius 1 is 0.268 bits per heavy atom. The highest BCUT2D eigenvalue weighted by atomic mass is 15.2. The van der Waals surface area contributed by atoms with Gasteiger partial charge in [-0.1, -0.05) is 164 Å². The number of hydrogen-bond donors (Lipinski definition) is 0. The lowest BCUT2D eigenvalue weighted by atomic mass is 9.98. The molecular weight excluding hydrogens is 681 g/mol. The topological polar surface area (TPSA) is 35.6 Å². The van der Waals surface area contributed by atoms with E-state index in [1.54, 1.807) is 0 Å². The molecule has 0 N–H and O–H groups in total. The lowest BCUT2D eigenvalue weighted by Crippen LogP contribution is -2.04. The summed E-state index contributed by atoms with van der Waals surface area (Å²) in [5.74, 6) is 0.646. The lowest BCUT2D eigenvalue weighted by Gasteiger charge is -2.12. The Labute approximate surface area is 324 Å². The van der Waals surface area contributed by atoms with E-state index in [2.05, 4.69) is 203 Å². The van der Waals surface area contributed by atoms with Gasteiger partial charge in [0.15, 0.2) is 0 Å². The number of para-hydroxylation sites is 3. The molecule has 4 heteroatoms. The van der Waals surface area contributed by atoms with Crippen molar-refractivity contribution in [2.45, 2.75) is 0 Å².